The van der Waals surface area contributed by atoms with Gasteiger partial charge < -0.3 is 5.32 Å². The number of allylic oxidation sites excluding steroid dienone is 4. The molecule has 0 heterocycles. The highest BCUT2D eigenvalue weighted by Gasteiger charge is 2.12. The van der Waals surface area contributed by atoms with Crippen molar-refractivity contribution < 1.29 is 0 Å². The van der Waals surface area contributed by atoms with E-state index < -0.39 is 0 Å². The molecule has 1 heteroatoms. The molecule has 0 aliphatic carbocycles. The summed E-state index contributed by atoms with van der Waals surface area (Å²) in [5.74, 6) is 0. The van der Waals surface area contributed by atoms with E-state index in [2.05, 4.69) is 51.7 Å². The number of likely N-dealkylation sites (N-methyl/N-ethyl adjacent to an activating group) is 1. The van der Waals surface area contributed by atoms with Crippen molar-refractivity contribution in [2.24, 2.45) is 5.41 Å². The Hall–Kier alpha value is -0.820. The summed E-state index contributed by atoms with van der Waals surface area (Å²) < 4.78 is 0. The summed E-state index contributed by atoms with van der Waals surface area (Å²) in [6.45, 7) is 13.5. The molecule has 1 nitrogen and oxygen atoms in total. The third kappa shape index (κ3) is 5.03. The van der Waals surface area contributed by atoms with Gasteiger partial charge in [-0.1, -0.05) is 51.2 Å². The molecule has 0 atom stereocenters. The molecule has 0 spiro atoms. The van der Waals surface area contributed by atoms with Gasteiger partial charge in [0.2, 0.25) is 0 Å². The maximum atomic E-state index is 3.84. The van der Waals surface area contributed by atoms with E-state index in [4.69, 9.17) is 0 Å². The zero-order chi connectivity index (χ0) is 11.2. The molecule has 80 valence electrons. The molecule has 0 radical (unpaired) electrons. The van der Waals surface area contributed by atoms with E-state index in [9.17, 15) is 0 Å². The van der Waals surface area contributed by atoms with Gasteiger partial charge in [0.25, 0.3) is 0 Å². The second-order valence-corrected chi connectivity index (χ2v) is 4.62. The van der Waals surface area contributed by atoms with Gasteiger partial charge in [-0.15, -0.1) is 0 Å². The fourth-order valence-corrected chi connectivity index (χ4v) is 1.19. The Morgan fingerprint density at radius 3 is 2.21 bits per heavy atom. The molecule has 0 rings (SSSR count). The first-order valence-corrected chi connectivity index (χ1v) is 5.06. The van der Waals surface area contributed by atoms with E-state index in [0.29, 0.717) is 0 Å². The van der Waals surface area contributed by atoms with Crippen molar-refractivity contribution >= 4 is 0 Å². The Kier molecular flexibility index (Phi) is 5.47. The zero-order valence-electron chi connectivity index (χ0n) is 10.1. The van der Waals surface area contributed by atoms with Gasteiger partial charge >= 0.3 is 0 Å². The fourth-order valence-electron chi connectivity index (χ4n) is 1.19. The maximum absolute atomic E-state index is 3.84. The van der Waals surface area contributed by atoms with Crippen molar-refractivity contribution in [1.29, 1.82) is 0 Å². The third-order valence-corrected chi connectivity index (χ3v) is 2.09. The molecule has 0 aromatic carbocycles. The summed E-state index contributed by atoms with van der Waals surface area (Å²) in [5.41, 5.74) is 2.78. The lowest BCUT2D eigenvalue weighted by atomic mass is 9.86. The van der Waals surface area contributed by atoms with Crippen LogP contribution in [0.2, 0.25) is 0 Å². The quantitative estimate of drug-likeness (QED) is 0.675. The van der Waals surface area contributed by atoms with E-state index >= 15 is 0 Å². The largest absolute Gasteiger partial charge is 0.316 e. The lowest BCUT2D eigenvalue weighted by molar-refractivity contribution is 0.517. The molecule has 0 unspecified atom stereocenters. The van der Waals surface area contributed by atoms with Crippen molar-refractivity contribution in [1.82, 2.24) is 5.32 Å². The minimum Gasteiger partial charge on any atom is -0.316 e. The van der Waals surface area contributed by atoms with Crippen molar-refractivity contribution in [3.05, 3.63) is 36.0 Å². The monoisotopic (exact) mass is 193 g/mol. The molecule has 0 saturated carbocycles. The Bertz CT molecular complexity index is 238. The first-order valence-electron chi connectivity index (χ1n) is 5.06. The predicted octanol–water partition coefficient (Wildman–Crippen LogP) is 3.31. The van der Waals surface area contributed by atoms with Crippen LogP contribution in [0.4, 0.5) is 0 Å². The predicted molar refractivity (Wildman–Crippen MR) is 65.4 cm³/mol. The Morgan fingerprint density at radius 2 is 1.86 bits per heavy atom. The van der Waals surface area contributed by atoms with Crippen molar-refractivity contribution in [2.75, 3.05) is 13.6 Å². The summed E-state index contributed by atoms with van der Waals surface area (Å²) in [5, 5.41) is 3.12. The average Bonchev–Trinajstić information content (AvgIpc) is 2.03. The molecule has 1 N–H and O–H groups in total. The van der Waals surface area contributed by atoms with Crippen LogP contribution in [-0.2, 0) is 0 Å². The minimum absolute atomic E-state index is 0.179. The smallest absolute Gasteiger partial charge is 0.0161 e. The van der Waals surface area contributed by atoms with Crippen LogP contribution in [-0.4, -0.2) is 13.6 Å². The van der Waals surface area contributed by atoms with Gasteiger partial charge in [-0.05, 0) is 25.0 Å². The maximum Gasteiger partial charge on any atom is 0.0161 e. The van der Waals surface area contributed by atoms with Gasteiger partial charge in [-0.3, -0.25) is 0 Å². The highest BCUT2D eigenvalue weighted by Crippen LogP contribution is 2.25. The molecular weight excluding hydrogens is 170 g/mol. The number of rotatable bonds is 4. The van der Waals surface area contributed by atoms with Gasteiger partial charge in [0.1, 0.15) is 0 Å². The van der Waals surface area contributed by atoms with E-state index in [1.54, 1.807) is 0 Å². The molecule has 0 aliphatic heterocycles. The van der Waals surface area contributed by atoms with Crippen LogP contribution in [0, 0.1) is 5.41 Å². The third-order valence-electron chi connectivity index (χ3n) is 2.09. The number of hydrogen-bond donors (Lipinski definition) is 1. The molecule has 0 aromatic heterocycles. The lowest BCUT2D eigenvalue weighted by Gasteiger charge is -2.19. The SMILES string of the molecule is C=C/C(=C\C=C(/C)CNC)C(C)(C)C. The molecule has 0 aromatic rings. The Balaban J connectivity index is 4.62. The number of hydrogen-bond acceptors (Lipinski definition) is 1. The summed E-state index contributed by atoms with van der Waals surface area (Å²) in [6.07, 6.45) is 6.24. The molecule has 14 heavy (non-hydrogen) atoms. The van der Waals surface area contributed by atoms with Crippen molar-refractivity contribution in [2.45, 2.75) is 27.7 Å². The highest BCUT2D eigenvalue weighted by atomic mass is 14.8. The topological polar surface area (TPSA) is 12.0 Å². The lowest BCUT2D eigenvalue weighted by Crippen LogP contribution is -2.09. The van der Waals surface area contributed by atoms with Gasteiger partial charge in [0.15, 0.2) is 0 Å². The van der Waals surface area contributed by atoms with E-state index in [-0.39, 0.29) is 5.41 Å². The zero-order valence-corrected chi connectivity index (χ0v) is 10.1. The van der Waals surface area contributed by atoms with Crippen molar-refractivity contribution in [3.8, 4) is 0 Å². The van der Waals surface area contributed by atoms with E-state index in [1.165, 1.54) is 11.1 Å². The molecule has 0 bridgehead atoms. The van der Waals surface area contributed by atoms with E-state index in [1.807, 2.05) is 13.1 Å². The van der Waals surface area contributed by atoms with Gasteiger partial charge in [-0.2, -0.15) is 0 Å². The summed E-state index contributed by atoms with van der Waals surface area (Å²) in [6, 6.07) is 0. The minimum atomic E-state index is 0.179. The standard InChI is InChI=1S/C13H23N/c1-7-12(13(3,4)5)9-8-11(2)10-14-6/h7-9,14H,1,10H2,2-6H3/b11-8+,12-9+. The first kappa shape index (κ1) is 13.2. The normalized spacial score (nSPS) is 14.4. The number of nitrogens with one attached hydrogen (secondary N) is 1. The molecule has 0 amide bonds. The molecule has 0 aliphatic rings. The Morgan fingerprint density at radius 1 is 1.29 bits per heavy atom. The molecule has 0 saturated heterocycles. The van der Waals surface area contributed by atoms with E-state index in [0.717, 1.165) is 6.54 Å². The van der Waals surface area contributed by atoms with Crippen molar-refractivity contribution in [3.63, 3.8) is 0 Å². The fraction of sp³-hybridized carbons (Fsp3) is 0.538. The van der Waals surface area contributed by atoms with Crippen LogP contribution in [0.3, 0.4) is 0 Å². The summed E-state index contributed by atoms with van der Waals surface area (Å²) >= 11 is 0. The van der Waals surface area contributed by atoms with Crippen LogP contribution >= 0.6 is 0 Å². The Labute approximate surface area is 88.6 Å². The summed E-state index contributed by atoms with van der Waals surface area (Å²) in [4.78, 5) is 0. The molecular formula is C13H23N. The molecule has 0 fully saturated rings. The van der Waals surface area contributed by atoms with Gasteiger partial charge in [0.05, 0.1) is 0 Å². The van der Waals surface area contributed by atoms with Gasteiger partial charge in [-0.25, -0.2) is 0 Å². The second-order valence-electron chi connectivity index (χ2n) is 4.62. The van der Waals surface area contributed by atoms with Crippen LogP contribution < -0.4 is 5.32 Å². The van der Waals surface area contributed by atoms with Crippen LogP contribution in [0.5, 0.6) is 0 Å². The van der Waals surface area contributed by atoms with Gasteiger partial charge in [0, 0.05) is 6.54 Å². The second kappa shape index (κ2) is 5.82. The van der Waals surface area contributed by atoms with Crippen LogP contribution in [0.1, 0.15) is 27.7 Å². The van der Waals surface area contributed by atoms with Crippen LogP contribution in [0.15, 0.2) is 36.0 Å². The summed E-state index contributed by atoms with van der Waals surface area (Å²) in [7, 11) is 1.96. The average molecular weight is 193 g/mol. The first-order chi connectivity index (χ1) is 6.41. The van der Waals surface area contributed by atoms with Crippen LogP contribution in [0.25, 0.3) is 0 Å². The highest BCUT2D eigenvalue weighted by molar-refractivity contribution is 5.28.